The molecule has 0 saturated carbocycles. The maximum atomic E-state index is 13.4. The van der Waals surface area contributed by atoms with E-state index >= 15 is 0 Å². The van der Waals surface area contributed by atoms with Gasteiger partial charge in [0.2, 0.25) is 0 Å². The van der Waals surface area contributed by atoms with Crippen LogP contribution >= 0.6 is 0 Å². The lowest BCUT2D eigenvalue weighted by Gasteiger charge is -2.16. The normalized spacial score (nSPS) is 15.8. The van der Waals surface area contributed by atoms with Crippen molar-refractivity contribution in [2.45, 2.75) is 31.5 Å². The number of benzene rings is 2. The minimum Gasteiger partial charge on any atom is -0.306 e. The SMILES string of the molecule is Cc1cccc(-n2nc3c(c2NC(=O)c2ccccc2C(F)(F)F)CS(=O)C3)c1C. The van der Waals surface area contributed by atoms with Gasteiger partial charge in [0, 0.05) is 16.4 Å². The van der Waals surface area contributed by atoms with Crippen LogP contribution in [0, 0.1) is 13.8 Å². The van der Waals surface area contributed by atoms with Crippen molar-refractivity contribution in [2.75, 3.05) is 5.32 Å². The number of rotatable bonds is 3. The second-order valence-electron chi connectivity index (χ2n) is 7.13. The Morgan fingerprint density at radius 2 is 1.83 bits per heavy atom. The Bertz CT molecular complexity index is 1180. The first-order chi connectivity index (χ1) is 14.2. The van der Waals surface area contributed by atoms with Crippen molar-refractivity contribution >= 4 is 22.5 Å². The Morgan fingerprint density at radius 3 is 2.57 bits per heavy atom. The summed E-state index contributed by atoms with van der Waals surface area (Å²) in [5, 5.41) is 7.13. The summed E-state index contributed by atoms with van der Waals surface area (Å²) in [6, 6.07) is 10.2. The first-order valence-electron chi connectivity index (χ1n) is 9.16. The standard InChI is InChI=1S/C21H18F3N3O2S/c1-12-6-5-9-18(13(12)2)27-19(15-10-30(29)11-17(15)26-27)25-20(28)14-7-3-4-8-16(14)21(22,23)24/h3-9H,10-11H2,1-2H3,(H,25,28). The Balaban J connectivity index is 1.81. The molecule has 1 aromatic heterocycles. The molecule has 1 N–H and O–H groups in total. The summed E-state index contributed by atoms with van der Waals surface area (Å²) in [5.74, 6) is -0.201. The number of carbonyl (C=O) groups excluding carboxylic acids is 1. The molecule has 0 fully saturated rings. The first kappa shape index (κ1) is 20.3. The minimum atomic E-state index is -4.66. The smallest absolute Gasteiger partial charge is 0.306 e. The average Bonchev–Trinajstić information content (AvgIpc) is 3.20. The molecule has 4 rings (SSSR count). The molecule has 2 heterocycles. The van der Waals surface area contributed by atoms with Crippen LogP contribution in [0.25, 0.3) is 5.69 Å². The fourth-order valence-electron chi connectivity index (χ4n) is 3.50. The van der Waals surface area contributed by atoms with Crippen molar-refractivity contribution in [3.8, 4) is 5.69 Å². The maximum absolute atomic E-state index is 13.4. The maximum Gasteiger partial charge on any atom is 0.417 e. The van der Waals surface area contributed by atoms with Gasteiger partial charge in [-0.25, -0.2) is 4.68 Å². The highest BCUT2D eigenvalue weighted by Crippen LogP contribution is 2.35. The zero-order valence-corrected chi connectivity index (χ0v) is 17.0. The highest BCUT2D eigenvalue weighted by atomic mass is 32.2. The molecular formula is C21H18F3N3O2S. The van der Waals surface area contributed by atoms with Crippen LogP contribution in [-0.2, 0) is 28.5 Å². The van der Waals surface area contributed by atoms with Gasteiger partial charge in [0.05, 0.1) is 34.0 Å². The summed E-state index contributed by atoms with van der Waals surface area (Å²) in [4.78, 5) is 12.9. The third kappa shape index (κ3) is 3.54. The van der Waals surface area contributed by atoms with E-state index in [1.807, 2.05) is 32.0 Å². The molecule has 156 valence electrons. The highest BCUT2D eigenvalue weighted by Gasteiger charge is 2.36. The van der Waals surface area contributed by atoms with E-state index in [0.29, 0.717) is 16.9 Å². The predicted octanol–water partition coefficient (Wildman–Crippen LogP) is 4.52. The zero-order chi connectivity index (χ0) is 21.6. The van der Waals surface area contributed by atoms with E-state index in [0.717, 1.165) is 23.3 Å². The molecule has 0 saturated heterocycles. The van der Waals surface area contributed by atoms with Gasteiger partial charge in [0.1, 0.15) is 5.82 Å². The molecule has 1 atom stereocenters. The number of alkyl halides is 3. The molecule has 5 nitrogen and oxygen atoms in total. The number of fused-ring (bicyclic) bond motifs is 1. The van der Waals surface area contributed by atoms with Gasteiger partial charge in [0.15, 0.2) is 0 Å². The van der Waals surface area contributed by atoms with Gasteiger partial charge in [-0.05, 0) is 43.2 Å². The van der Waals surface area contributed by atoms with Gasteiger partial charge in [-0.1, -0.05) is 24.3 Å². The number of nitrogens with zero attached hydrogens (tertiary/aromatic N) is 2. The molecule has 1 unspecified atom stereocenters. The van der Waals surface area contributed by atoms with E-state index in [1.165, 1.54) is 16.8 Å². The highest BCUT2D eigenvalue weighted by molar-refractivity contribution is 7.83. The number of hydrogen-bond donors (Lipinski definition) is 1. The van der Waals surface area contributed by atoms with Crippen LogP contribution in [0.5, 0.6) is 0 Å². The quantitative estimate of drug-likeness (QED) is 0.661. The summed E-state index contributed by atoms with van der Waals surface area (Å²) >= 11 is 0. The molecule has 2 aromatic carbocycles. The number of hydrogen-bond acceptors (Lipinski definition) is 3. The summed E-state index contributed by atoms with van der Waals surface area (Å²) in [5.41, 5.74) is 2.31. The fraction of sp³-hybridized carbons (Fsp3) is 0.238. The summed E-state index contributed by atoms with van der Waals surface area (Å²) in [6.07, 6.45) is -4.66. The Morgan fingerprint density at radius 1 is 1.10 bits per heavy atom. The van der Waals surface area contributed by atoms with Crippen molar-refractivity contribution in [2.24, 2.45) is 0 Å². The minimum absolute atomic E-state index is 0.191. The third-order valence-electron chi connectivity index (χ3n) is 5.18. The van der Waals surface area contributed by atoms with Crippen LogP contribution in [-0.4, -0.2) is 19.9 Å². The number of aromatic nitrogens is 2. The van der Waals surface area contributed by atoms with E-state index in [2.05, 4.69) is 10.4 Å². The molecule has 0 radical (unpaired) electrons. The van der Waals surface area contributed by atoms with Crippen LogP contribution in [0.15, 0.2) is 42.5 Å². The number of anilines is 1. The largest absolute Gasteiger partial charge is 0.417 e. The molecule has 30 heavy (non-hydrogen) atoms. The number of aryl methyl sites for hydroxylation is 1. The lowest BCUT2D eigenvalue weighted by Crippen LogP contribution is -2.21. The summed E-state index contributed by atoms with van der Waals surface area (Å²) in [6.45, 7) is 3.84. The molecule has 9 heteroatoms. The molecule has 0 spiro atoms. The van der Waals surface area contributed by atoms with Crippen molar-refractivity contribution in [3.05, 3.63) is 76.0 Å². The van der Waals surface area contributed by atoms with Crippen LogP contribution < -0.4 is 5.32 Å². The molecule has 1 aliphatic heterocycles. The van der Waals surface area contributed by atoms with Crippen LogP contribution in [0.2, 0.25) is 0 Å². The fourth-order valence-corrected chi connectivity index (χ4v) is 4.76. The second kappa shape index (κ2) is 7.39. The van der Waals surface area contributed by atoms with Gasteiger partial charge >= 0.3 is 6.18 Å². The van der Waals surface area contributed by atoms with Gasteiger partial charge in [-0.15, -0.1) is 0 Å². The van der Waals surface area contributed by atoms with Gasteiger partial charge < -0.3 is 5.32 Å². The van der Waals surface area contributed by atoms with E-state index in [4.69, 9.17) is 0 Å². The van der Waals surface area contributed by atoms with E-state index < -0.39 is 34.0 Å². The van der Waals surface area contributed by atoms with Crippen LogP contribution in [0.4, 0.5) is 19.0 Å². The van der Waals surface area contributed by atoms with E-state index in [9.17, 15) is 22.2 Å². The molecule has 0 aliphatic carbocycles. The van der Waals surface area contributed by atoms with Crippen LogP contribution in [0.3, 0.4) is 0 Å². The van der Waals surface area contributed by atoms with Crippen LogP contribution in [0.1, 0.15) is 38.3 Å². The average molecular weight is 433 g/mol. The number of carbonyl (C=O) groups is 1. The van der Waals surface area contributed by atoms with Crippen molar-refractivity contribution in [1.82, 2.24) is 9.78 Å². The lowest BCUT2D eigenvalue weighted by atomic mass is 10.1. The monoisotopic (exact) mass is 433 g/mol. The molecule has 1 aliphatic rings. The molecule has 0 bridgehead atoms. The summed E-state index contributed by atoms with van der Waals surface area (Å²) < 4.78 is 53.6. The third-order valence-corrected chi connectivity index (χ3v) is 6.39. The van der Waals surface area contributed by atoms with E-state index in [1.54, 1.807) is 0 Å². The Hall–Kier alpha value is -2.94. The topological polar surface area (TPSA) is 64.0 Å². The van der Waals surface area contributed by atoms with Crippen molar-refractivity contribution in [3.63, 3.8) is 0 Å². The Labute approximate surface area is 173 Å². The number of amides is 1. The van der Waals surface area contributed by atoms with Gasteiger partial charge in [-0.2, -0.15) is 18.3 Å². The lowest BCUT2D eigenvalue weighted by molar-refractivity contribution is -0.137. The molecule has 3 aromatic rings. The number of halogens is 3. The van der Waals surface area contributed by atoms with Crippen molar-refractivity contribution < 1.29 is 22.2 Å². The molecular weight excluding hydrogens is 415 g/mol. The Kier molecular flexibility index (Phi) is 5.01. The van der Waals surface area contributed by atoms with E-state index in [-0.39, 0.29) is 17.3 Å². The zero-order valence-electron chi connectivity index (χ0n) is 16.2. The molecule has 1 amide bonds. The second-order valence-corrected chi connectivity index (χ2v) is 8.59. The van der Waals surface area contributed by atoms with Gasteiger partial charge in [0.25, 0.3) is 5.91 Å². The number of nitrogens with one attached hydrogen (secondary N) is 1. The first-order valence-corrected chi connectivity index (χ1v) is 10.7. The van der Waals surface area contributed by atoms with Crippen molar-refractivity contribution in [1.29, 1.82) is 0 Å². The summed E-state index contributed by atoms with van der Waals surface area (Å²) in [7, 11) is -1.16. The predicted molar refractivity (Wildman–Crippen MR) is 108 cm³/mol. The van der Waals surface area contributed by atoms with Gasteiger partial charge in [-0.3, -0.25) is 9.00 Å².